The second-order valence-electron chi connectivity index (χ2n) is 8.77. The lowest BCUT2D eigenvalue weighted by Gasteiger charge is -2.17. The number of aromatic carboxylic acids is 1. The van der Waals surface area contributed by atoms with Crippen LogP contribution in [0.3, 0.4) is 0 Å². The summed E-state index contributed by atoms with van der Waals surface area (Å²) in [5, 5.41) is 25.9. The Morgan fingerprint density at radius 1 is 0.895 bits per heavy atom. The molecule has 0 fully saturated rings. The molecule has 0 spiro atoms. The van der Waals surface area contributed by atoms with Crippen molar-refractivity contribution >= 4 is 34.4 Å². The first kappa shape index (κ1) is 26.4. The van der Waals surface area contributed by atoms with Crippen molar-refractivity contribution in [2.45, 2.75) is 25.7 Å². The summed E-state index contributed by atoms with van der Waals surface area (Å²) in [6.45, 7) is 0.974. The third kappa shape index (κ3) is 5.98. The minimum Gasteiger partial charge on any atom is -0.508 e. The molecule has 0 aromatic heterocycles. The van der Waals surface area contributed by atoms with Crippen LogP contribution in [0.4, 0.5) is 5.69 Å². The highest BCUT2D eigenvalue weighted by Crippen LogP contribution is 2.42. The van der Waals surface area contributed by atoms with Gasteiger partial charge in [0.05, 0.1) is 5.56 Å². The van der Waals surface area contributed by atoms with Crippen LogP contribution in [-0.2, 0) is 9.59 Å². The molecule has 0 saturated heterocycles. The van der Waals surface area contributed by atoms with E-state index in [9.17, 15) is 29.4 Å². The molecule has 4 rings (SSSR count). The Kier molecular flexibility index (Phi) is 8.03. The van der Waals surface area contributed by atoms with Crippen LogP contribution in [0.5, 0.6) is 5.75 Å². The Balaban J connectivity index is 1.62. The van der Waals surface area contributed by atoms with Gasteiger partial charge in [-0.1, -0.05) is 6.07 Å². The molecule has 1 aliphatic carbocycles. The summed E-state index contributed by atoms with van der Waals surface area (Å²) in [4.78, 5) is 48.5. The standard InChI is InChI=1S/C28H27N3O7/c29-11-2-12-30-25(34)3-1-4-26(35)31-16-5-8-19(22(13-16)28(36)37)27-20-9-6-17(32)14-23(20)38-24-15-18(33)7-10-21(24)27/h5-10,13-15,32H,1-4,11-12,29H2,(H,30,34)(H,31,35)(H,36,37). The number of amides is 2. The maximum Gasteiger partial charge on any atom is 0.336 e. The summed E-state index contributed by atoms with van der Waals surface area (Å²) < 4.78 is 5.83. The van der Waals surface area contributed by atoms with Gasteiger partial charge in [0.25, 0.3) is 0 Å². The number of nitrogens with one attached hydrogen (secondary N) is 2. The van der Waals surface area contributed by atoms with E-state index in [4.69, 9.17) is 10.2 Å². The Morgan fingerprint density at radius 2 is 1.66 bits per heavy atom. The number of fused-ring (bicyclic) bond motifs is 2. The van der Waals surface area contributed by atoms with Crippen molar-refractivity contribution in [2.24, 2.45) is 5.73 Å². The SMILES string of the molecule is NCCCNC(=O)CCCC(=O)Nc1ccc(-c2c3ccc(=O)cc-3oc3cc(O)ccc23)c(C(=O)O)c1. The lowest BCUT2D eigenvalue weighted by atomic mass is 9.90. The molecule has 0 saturated carbocycles. The number of phenolic OH excluding ortho intramolecular Hbond substituents is 1. The van der Waals surface area contributed by atoms with Crippen molar-refractivity contribution < 1.29 is 29.0 Å². The molecular formula is C28H27N3O7. The van der Waals surface area contributed by atoms with Crippen LogP contribution in [0.15, 0.2) is 63.8 Å². The lowest BCUT2D eigenvalue weighted by molar-refractivity contribution is -0.121. The number of rotatable bonds is 10. The molecule has 6 N–H and O–H groups in total. The average Bonchev–Trinajstić information content (AvgIpc) is 2.87. The minimum atomic E-state index is -1.22. The first-order chi connectivity index (χ1) is 18.3. The number of anilines is 1. The number of carboxylic acid groups (broad SMARTS) is 1. The molecule has 0 atom stereocenters. The third-order valence-electron chi connectivity index (χ3n) is 5.99. The largest absolute Gasteiger partial charge is 0.508 e. The first-order valence-corrected chi connectivity index (χ1v) is 12.1. The number of hydrogen-bond acceptors (Lipinski definition) is 7. The highest BCUT2D eigenvalue weighted by atomic mass is 16.4. The molecule has 10 heteroatoms. The molecule has 1 heterocycles. The van der Waals surface area contributed by atoms with Gasteiger partial charge in [-0.3, -0.25) is 14.4 Å². The Morgan fingerprint density at radius 3 is 2.42 bits per heavy atom. The van der Waals surface area contributed by atoms with Crippen LogP contribution in [0, 0.1) is 0 Å². The van der Waals surface area contributed by atoms with Gasteiger partial charge in [-0.15, -0.1) is 0 Å². The number of carboxylic acids is 1. The van der Waals surface area contributed by atoms with Gasteiger partial charge in [-0.25, -0.2) is 4.79 Å². The number of carbonyl (C=O) groups excluding carboxylic acids is 2. The molecule has 10 nitrogen and oxygen atoms in total. The number of carbonyl (C=O) groups is 3. The second-order valence-corrected chi connectivity index (χ2v) is 8.77. The van der Waals surface area contributed by atoms with Crippen molar-refractivity contribution in [3.05, 3.63) is 70.4 Å². The highest BCUT2D eigenvalue weighted by molar-refractivity contribution is 6.08. The molecule has 2 aromatic rings. The normalized spacial score (nSPS) is 11.0. The van der Waals surface area contributed by atoms with E-state index in [1.807, 2.05) is 0 Å². The van der Waals surface area contributed by atoms with E-state index >= 15 is 0 Å². The molecule has 2 aromatic carbocycles. The van der Waals surface area contributed by atoms with E-state index in [-0.39, 0.29) is 58.4 Å². The summed E-state index contributed by atoms with van der Waals surface area (Å²) in [6.07, 6.45) is 1.30. The smallest absolute Gasteiger partial charge is 0.336 e. The van der Waals surface area contributed by atoms with Gasteiger partial charge in [-0.05, 0) is 61.3 Å². The predicted octanol–water partition coefficient (Wildman–Crippen LogP) is 3.54. The number of nitrogens with two attached hydrogens (primary N) is 1. The molecule has 1 aliphatic heterocycles. The van der Waals surface area contributed by atoms with Crippen molar-refractivity contribution in [1.29, 1.82) is 0 Å². The zero-order valence-electron chi connectivity index (χ0n) is 20.5. The summed E-state index contributed by atoms with van der Waals surface area (Å²) in [5.74, 6) is -1.53. The van der Waals surface area contributed by atoms with Crippen LogP contribution in [0.2, 0.25) is 0 Å². The molecular weight excluding hydrogens is 490 g/mol. The predicted molar refractivity (Wildman–Crippen MR) is 142 cm³/mol. The maximum atomic E-state index is 12.4. The monoisotopic (exact) mass is 517 g/mol. The first-order valence-electron chi connectivity index (χ1n) is 12.1. The fraction of sp³-hybridized carbons (Fsp3) is 0.214. The summed E-state index contributed by atoms with van der Waals surface area (Å²) in [7, 11) is 0. The van der Waals surface area contributed by atoms with Gasteiger partial charge >= 0.3 is 5.97 Å². The van der Waals surface area contributed by atoms with Crippen molar-refractivity contribution in [1.82, 2.24) is 5.32 Å². The number of phenols is 1. The summed E-state index contributed by atoms with van der Waals surface area (Å²) in [6, 6.07) is 13.2. The fourth-order valence-corrected chi connectivity index (χ4v) is 4.22. The van der Waals surface area contributed by atoms with Gasteiger partial charge in [0.15, 0.2) is 5.43 Å². The van der Waals surface area contributed by atoms with Gasteiger partial charge in [0, 0.05) is 53.7 Å². The van der Waals surface area contributed by atoms with Crippen molar-refractivity contribution in [3.63, 3.8) is 0 Å². The average molecular weight is 518 g/mol. The zero-order valence-corrected chi connectivity index (χ0v) is 20.5. The Bertz CT molecular complexity index is 1540. The van der Waals surface area contributed by atoms with Crippen LogP contribution >= 0.6 is 0 Å². The van der Waals surface area contributed by atoms with Crippen molar-refractivity contribution in [2.75, 3.05) is 18.4 Å². The molecule has 196 valence electrons. The Hall–Kier alpha value is -4.70. The maximum absolute atomic E-state index is 12.4. The van der Waals surface area contributed by atoms with Crippen LogP contribution in [-0.4, -0.2) is 41.1 Å². The molecule has 0 unspecified atom stereocenters. The fourth-order valence-electron chi connectivity index (χ4n) is 4.22. The van der Waals surface area contributed by atoms with E-state index < -0.39 is 5.97 Å². The molecule has 38 heavy (non-hydrogen) atoms. The lowest BCUT2D eigenvalue weighted by Crippen LogP contribution is -2.26. The molecule has 2 amide bonds. The van der Waals surface area contributed by atoms with Crippen LogP contribution in [0.25, 0.3) is 33.4 Å². The quantitative estimate of drug-likeness (QED) is 0.157. The second kappa shape index (κ2) is 11.6. The summed E-state index contributed by atoms with van der Waals surface area (Å²) in [5.41, 5.74) is 6.98. The number of aromatic hydroxyl groups is 1. The molecule has 2 aliphatic rings. The van der Waals surface area contributed by atoms with Gasteiger partial charge in [-0.2, -0.15) is 0 Å². The van der Waals surface area contributed by atoms with E-state index in [1.165, 1.54) is 30.3 Å². The third-order valence-corrected chi connectivity index (χ3v) is 5.99. The molecule has 0 radical (unpaired) electrons. The zero-order chi connectivity index (χ0) is 27.2. The number of hydrogen-bond donors (Lipinski definition) is 5. The van der Waals surface area contributed by atoms with Crippen LogP contribution < -0.4 is 21.8 Å². The van der Waals surface area contributed by atoms with Crippen molar-refractivity contribution in [3.8, 4) is 28.2 Å². The topological polar surface area (TPSA) is 172 Å². The molecule has 0 bridgehead atoms. The number of benzene rings is 3. The van der Waals surface area contributed by atoms with E-state index in [2.05, 4.69) is 10.6 Å². The Labute approximate surface area is 217 Å². The highest BCUT2D eigenvalue weighted by Gasteiger charge is 2.22. The van der Waals surface area contributed by atoms with Gasteiger partial charge in [0.2, 0.25) is 11.8 Å². The van der Waals surface area contributed by atoms with E-state index in [0.29, 0.717) is 48.0 Å². The van der Waals surface area contributed by atoms with Gasteiger partial charge < -0.3 is 31.0 Å². The minimum absolute atomic E-state index is 0.0469. The van der Waals surface area contributed by atoms with E-state index in [0.717, 1.165) is 0 Å². The van der Waals surface area contributed by atoms with Crippen LogP contribution in [0.1, 0.15) is 36.0 Å². The van der Waals surface area contributed by atoms with Gasteiger partial charge in [0.1, 0.15) is 17.1 Å². The van der Waals surface area contributed by atoms with E-state index in [1.54, 1.807) is 24.3 Å². The summed E-state index contributed by atoms with van der Waals surface area (Å²) >= 11 is 0.